The van der Waals surface area contributed by atoms with E-state index in [0.717, 1.165) is 24.3 Å². The van der Waals surface area contributed by atoms with Gasteiger partial charge in [-0.1, -0.05) is 0 Å². The average molecular weight is 312 g/mol. The number of hydrogen-bond acceptors (Lipinski definition) is 4. The number of carbonyl (C=O) groups excluding carboxylic acids is 1. The minimum absolute atomic E-state index is 0.135. The third kappa shape index (κ3) is 2.72. The molecule has 2 aromatic rings. The second kappa shape index (κ2) is 5.74. The van der Waals surface area contributed by atoms with Crippen LogP contribution in [0.5, 0.6) is 5.75 Å². The summed E-state index contributed by atoms with van der Waals surface area (Å²) < 4.78 is 10.9. The summed E-state index contributed by atoms with van der Waals surface area (Å²) in [5.74, 6) is 2.41. The summed E-state index contributed by atoms with van der Waals surface area (Å²) >= 11 is 0. The van der Waals surface area contributed by atoms with E-state index < -0.39 is 0 Å². The van der Waals surface area contributed by atoms with Gasteiger partial charge in [-0.2, -0.15) is 0 Å². The molecule has 5 heteroatoms. The lowest BCUT2D eigenvalue weighted by molar-refractivity contribution is 0.0901. The molecule has 3 unspecified atom stereocenters. The number of methoxy groups -OCH3 is 1. The molecule has 1 aromatic heterocycles. The van der Waals surface area contributed by atoms with Crippen LogP contribution in [0.3, 0.4) is 0 Å². The number of fused-ring (bicyclic) bond motifs is 2. The fourth-order valence-electron chi connectivity index (χ4n) is 3.62. The Morgan fingerprint density at radius 1 is 1.22 bits per heavy atom. The molecule has 2 heterocycles. The SMILES string of the molecule is COc1ccc(-c2ccc(C(=O)NC3CC4CNC3C4)o2)cc1. The highest BCUT2D eigenvalue weighted by atomic mass is 16.5. The maximum absolute atomic E-state index is 12.4. The van der Waals surface area contributed by atoms with E-state index in [0.29, 0.717) is 23.5 Å². The molecule has 2 fully saturated rings. The van der Waals surface area contributed by atoms with Crippen LogP contribution >= 0.6 is 0 Å². The van der Waals surface area contributed by atoms with E-state index in [2.05, 4.69) is 10.6 Å². The first-order chi connectivity index (χ1) is 11.2. The van der Waals surface area contributed by atoms with Crippen molar-refractivity contribution >= 4 is 5.91 Å². The van der Waals surface area contributed by atoms with Gasteiger partial charge in [0, 0.05) is 17.6 Å². The minimum Gasteiger partial charge on any atom is -0.497 e. The molecule has 2 bridgehead atoms. The van der Waals surface area contributed by atoms with Crippen LogP contribution in [0.15, 0.2) is 40.8 Å². The Morgan fingerprint density at radius 2 is 2.04 bits per heavy atom. The fraction of sp³-hybridized carbons (Fsp3) is 0.389. The van der Waals surface area contributed by atoms with Crippen LogP contribution in [0.25, 0.3) is 11.3 Å². The molecular weight excluding hydrogens is 292 g/mol. The number of piperidine rings is 1. The molecule has 1 aliphatic carbocycles. The minimum atomic E-state index is -0.135. The Kier molecular flexibility index (Phi) is 3.58. The standard InChI is InChI=1S/C18H20N2O3/c1-22-13-4-2-12(3-5-13)16-6-7-17(23-16)18(21)20-15-9-11-8-14(15)19-10-11/h2-7,11,14-15,19H,8-10H2,1H3,(H,20,21). The summed E-state index contributed by atoms with van der Waals surface area (Å²) in [6.07, 6.45) is 2.23. The molecule has 120 valence electrons. The molecule has 3 atom stereocenters. The third-order valence-corrected chi connectivity index (χ3v) is 4.85. The molecule has 1 saturated carbocycles. The lowest BCUT2D eigenvalue weighted by Gasteiger charge is -2.23. The Labute approximate surface area is 135 Å². The predicted molar refractivity (Wildman–Crippen MR) is 86.5 cm³/mol. The molecule has 1 aliphatic heterocycles. The van der Waals surface area contributed by atoms with E-state index in [4.69, 9.17) is 9.15 Å². The molecule has 2 aliphatic rings. The summed E-state index contributed by atoms with van der Waals surface area (Å²) in [4.78, 5) is 12.4. The second-order valence-corrected chi connectivity index (χ2v) is 6.32. The molecule has 4 rings (SSSR count). The number of nitrogens with one attached hydrogen (secondary N) is 2. The van der Waals surface area contributed by atoms with E-state index in [1.807, 2.05) is 30.3 Å². The first-order valence-electron chi connectivity index (χ1n) is 8.01. The zero-order valence-corrected chi connectivity index (χ0v) is 13.0. The highest BCUT2D eigenvalue weighted by molar-refractivity contribution is 5.92. The van der Waals surface area contributed by atoms with Crippen LogP contribution in [-0.4, -0.2) is 31.6 Å². The second-order valence-electron chi connectivity index (χ2n) is 6.32. The molecular formula is C18H20N2O3. The van der Waals surface area contributed by atoms with Crippen LogP contribution < -0.4 is 15.4 Å². The Balaban J connectivity index is 1.45. The topological polar surface area (TPSA) is 63.5 Å². The molecule has 1 amide bonds. The van der Waals surface area contributed by atoms with Crippen molar-refractivity contribution < 1.29 is 13.9 Å². The summed E-state index contributed by atoms with van der Waals surface area (Å²) in [6, 6.07) is 11.8. The largest absolute Gasteiger partial charge is 0.497 e. The highest BCUT2D eigenvalue weighted by Gasteiger charge is 2.40. The number of amides is 1. The quantitative estimate of drug-likeness (QED) is 0.910. The van der Waals surface area contributed by atoms with Gasteiger partial charge in [0.05, 0.1) is 7.11 Å². The van der Waals surface area contributed by atoms with Crippen molar-refractivity contribution in [3.63, 3.8) is 0 Å². The number of carbonyl (C=O) groups is 1. The van der Waals surface area contributed by atoms with E-state index in [1.54, 1.807) is 13.2 Å². The molecule has 1 aromatic carbocycles. The molecule has 23 heavy (non-hydrogen) atoms. The predicted octanol–water partition coefficient (Wildman–Crippen LogP) is 2.44. The van der Waals surface area contributed by atoms with Crippen LogP contribution in [-0.2, 0) is 0 Å². The van der Waals surface area contributed by atoms with Gasteiger partial charge in [-0.3, -0.25) is 4.79 Å². The van der Waals surface area contributed by atoms with Crippen molar-refractivity contribution in [3.05, 3.63) is 42.2 Å². The molecule has 5 nitrogen and oxygen atoms in total. The smallest absolute Gasteiger partial charge is 0.287 e. The van der Waals surface area contributed by atoms with E-state index >= 15 is 0 Å². The molecule has 2 N–H and O–H groups in total. The highest BCUT2D eigenvalue weighted by Crippen LogP contribution is 2.31. The van der Waals surface area contributed by atoms with Gasteiger partial charge in [-0.25, -0.2) is 0 Å². The van der Waals surface area contributed by atoms with Crippen LogP contribution in [0, 0.1) is 5.92 Å². The van der Waals surface area contributed by atoms with E-state index in [1.165, 1.54) is 6.42 Å². The van der Waals surface area contributed by atoms with Crippen LogP contribution in [0.1, 0.15) is 23.4 Å². The number of rotatable bonds is 4. The van der Waals surface area contributed by atoms with Gasteiger partial charge in [0.1, 0.15) is 11.5 Å². The monoisotopic (exact) mass is 312 g/mol. The van der Waals surface area contributed by atoms with E-state index in [9.17, 15) is 4.79 Å². The lowest BCUT2D eigenvalue weighted by atomic mass is 10.1. The maximum Gasteiger partial charge on any atom is 0.287 e. The van der Waals surface area contributed by atoms with Gasteiger partial charge in [0.2, 0.25) is 0 Å². The van der Waals surface area contributed by atoms with Gasteiger partial charge >= 0.3 is 0 Å². The van der Waals surface area contributed by atoms with Crippen molar-refractivity contribution in [2.24, 2.45) is 5.92 Å². The van der Waals surface area contributed by atoms with Gasteiger partial charge < -0.3 is 19.8 Å². The Morgan fingerprint density at radius 3 is 2.70 bits per heavy atom. The summed E-state index contributed by atoms with van der Waals surface area (Å²) in [5.41, 5.74) is 0.923. The van der Waals surface area contributed by atoms with Gasteiger partial charge in [-0.15, -0.1) is 0 Å². The molecule has 0 radical (unpaired) electrons. The maximum atomic E-state index is 12.4. The summed E-state index contributed by atoms with van der Waals surface area (Å²) in [7, 11) is 1.63. The van der Waals surface area contributed by atoms with Crippen molar-refractivity contribution in [2.45, 2.75) is 24.9 Å². The first kappa shape index (κ1) is 14.3. The molecule has 0 spiro atoms. The third-order valence-electron chi connectivity index (χ3n) is 4.85. The van der Waals surface area contributed by atoms with Gasteiger partial charge in [0.15, 0.2) is 5.76 Å². The lowest BCUT2D eigenvalue weighted by Crippen LogP contribution is -2.47. The molecule has 1 saturated heterocycles. The van der Waals surface area contributed by atoms with Crippen LogP contribution in [0.4, 0.5) is 0 Å². The van der Waals surface area contributed by atoms with Crippen molar-refractivity contribution in [3.8, 4) is 17.1 Å². The number of furan rings is 1. The van der Waals surface area contributed by atoms with Gasteiger partial charge in [0.25, 0.3) is 5.91 Å². The van der Waals surface area contributed by atoms with E-state index in [-0.39, 0.29) is 11.9 Å². The Hall–Kier alpha value is -2.27. The first-order valence-corrected chi connectivity index (χ1v) is 8.01. The normalized spacial score (nSPS) is 25.5. The van der Waals surface area contributed by atoms with Crippen molar-refractivity contribution in [1.82, 2.24) is 10.6 Å². The van der Waals surface area contributed by atoms with Gasteiger partial charge in [-0.05, 0) is 61.7 Å². The van der Waals surface area contributed by atoms with Crippen molar-refractivity contribution in [1.29, 1.82) is 0 Å². The fourth-order valence-corrected chi connectivity index (χ4v) is 3.62. The zero-order chi connectivity index (χ0) is 15.8. The van der Waals surface area contributed by atoms with Crippen LogP contribution in [0.2, 0.25) is 0 Å². The van der Waals surface area contributed by atoms with Crippen molar-refractivity contribution in [2.75, 3.05) is 13.7 Å². The number of ether oxygens (including phenoxy) is 1. The number of hydrogen-bond donors (Lipinski definition) is 2. The zero-order valence-electron chi connectivity index (χ0n) is 13.0. The summed E-state index contributed by atoms with van der Waals surface area (Å²) in [5, 5.41) is 6.54. The average Bonchev–Trinajstić information content (AvgIpc) is 3.31. The summed E-state index contributed by atoms with van der Waals surface area (Å²) in [6.45, 7) is 1.08. The Bertz CT molecular complexity index is 707. The number of benzene rings is 1.